The Morgan fingerprint density at radius 2 is 2.08 bits per heavy atom. The summed E-state index contributed by atoms with van der Waals surface area (Å²) in [6.45, 7) is 4.93. The number of likely N-dealkylation sites (N-methyl/N-ethyl adjacent to an activating group) is 1. The topological polar surface area (TPSA) is 12.0 Å². The van der Waals surface area contributed by atoms with Crippen molar-refractivity contribution in [1.82, 2.24) is 5.32 Å². The maximum absolute atomic E-state index is 12.7. The molecular formula is C10H13ClFN. The number of nitrogens with one attached hydrogen (secondary N) is 1. The van der Waals surface area contributed by atoms with E-state index in [1.807, 2.05) is 0 Å². The smallest absolute Gasteiger partial charge is 0.120 e. The lowest BCUT2D eigenvalue weighted by Gasteiger charge is -2.00. The van der Waals surface area contributed by atoms with E-state index < -0.39 is 0 Å². The molecule has 0 atom stereocenters. The summed E-state index contributed by atoms with van der Waals surface area (Å²) in [5, 5.41) is 2.72. The quantitative estimate of drug-likeness (QED) is 0.689. The van der Waals surface area contributed by atoms with Crippen LogP contribution in [0.4, 0.5) is 4.39 Å². The van der Waals surface area contributed by atoms with Crippen LogP contribution in [0.3, 0.4) is 0 Å². The van der Waals surface area contributed by atoms with Gasteiger partial charge in [-0.15, -0.1) is 0 Å². The van der Waals surface area contributed by atoms with Crippen LogP contribution in [-0.2, 0) is 0 Å². The molecule has 0 aromatic heterocycles. The van der Waals surface area contributed by atoms with Gasteiger partial charge >= 0.3 is 0 Å². The predicted molar refractivity (Wildman–Crippen MR) is 56.1 cm³/mol. The molecule has 13 heavy (non-hydrogen) atoms. The van der Waals surface area contributed by atoms with Crippen LogP contribution < -0.4 is 5.32 Å². The Morgan fingerprint density at radius 3 is 2.38 bits per heavy atom. The zero-order chi connectivity index (χ0) is 10.3. The molecule has 1 N–H and O–H groups in total. The first-order valence-electron chi connectivity index (χ1n) is 3.80. The maximum Gasteiger partial charge on any atom is 0.120 e. The van der Waals surface area contributed by atoms with Crippen LogP contribution in [0.5, 0.6) is 0 Å². The van der Waals surface area contributed by atoms with Gasteiger partial charge in [-0.2, -0.15) is 0 Å². The van der Waals surface area contributed by atoms with Gasteiger partial charge in [-0.1, -0.05) is 30.3 Å². The van der Waals surface area contributed by atoms with E-state index in [-0.39, 0.29) is 5.83 Å². The molecular weight excluding hydrogens is 189 g/mol. The minimum absolute atomic E-state index is 0.267. The monoisotopic (exact) mass is 201 g/mol. The summed E-state index contributed by atoms with van der Waals surface area (Å²) in [4.78, 5) is 0. The van der Waals surface area contributed by atoms with Crippen LogP contribution >= 0.6 is 11.6 Å². The molecule has 0 bridgehead atoms. The van der Waals surface area contributed by atoms with Gasteiger partial charge in [-0.25, -0.2) is 4.39 Å². The SMILES string of the molecule is C=CC(/C=C\C(NC)=C(/C)F)=C\Cl. The van der Waals surface area contributed by atoms with E-state index in [9.17, 15) is 4.39 Å². The highest BCUT2D eigenvalue weighted by molar-refractivity contribution is 6.26. The highest BCUT2D eigenvalue weighted by Gasteiger charge is 1.93. The fourth-order valence-corrected chi connectivity index (χ4v) is 0.861. The Hall–Kier alpha value is -1.02. The van der Waals surface area contributed by atoms with Gasteiger partial charge in [0.05, 0.1) is 5.70 Å². The average Bonchev–Trinajstić information content (AvgIpc) is 2.12. The molecule has 0 heterocycles. The van der Waals surface area contributed by atoms with E-state index in [2.05, 4.69) is 11.9 Å². The third-order valence-corrected chi connectivity index (χ3v) is 1.70. The molecule has 1 nitrogen and oxygen atoms in total. The molecule has 0 aromatic carbocycles. The van der Waals surface area contributed by atoms with Gasteiger partial charge < -0.3 is 5.32 Å². The average molecular weight is 202 g/mol. The lowest BCUT2D eigenvalue weighted by molar-refractivity contribution is 0.621. The van der Waals surface area contributed by atoms with Crippen LogP contribution in [0.1, 0.15) is 6.92 Å². The maximum atomic E-state index is 12.7. The summed E-state index contributed by atoms with van der Waals surface area (Å²) < 4.78 is 12.7. The summed E-state index contributed by atoms with van der Waals surface area (Å²) in [7, 11) is 1.65. The number of rotatable bonds is 4. The molecule has 0 aliphatic heterocycles. The van der Waals surface area contributed by atoms with Gasteiger partial charge in [-0.3, -0.25) is 0 Å². The third-order valence-electron chi connectivity index (χ3n) is 1.44. The predicted octanol–water partition coefficient (Wildman–Crippen LogP) is 3.27. The molecule has 0 fully saturated rings. The van der Waals surface area contributed by atoms with Crippen molar-refractivity contribution in [2.45, 2.75) is 6.92 Å². The van der Waals surface area contributed by atoms with Crippen molar-refractivity contribution in [3.63, 3.8) is 0 Å². The van der Waals surface area contributed by atoms with Gasteiger partial charge in [0.1, 0.15) is 5.83 Å². The minimum Gasteiger partial charge on any atom is -0.386 e. The van der Waals surface area contributed by atoms with E-state index in [1.54, 1.807) is 25.3 Å². The van der Waals surface area contributed by atoms with Crippen molar-refractivity contribution >= 4 is 11.6 Å². The second-order valence-corrected chi connectivity index (χ2v) is 2.56. The molecule has 0 amide bonds. The van der Waals surface area contributed by atoms with Crippen LogP contribution in [0.2, 0.25) is 0 Å². The normalized spacial score (nSPS) is 14.3. The molecule has 0 aliphatic rings. The Bertz CT molecular complexity index is 260. The van der Waals surface area contributed by atoms with Crippen LogP contribution in [0.15, 0.2) is 47.4 Å². The number of allylic oxidation sites excluding steroid dienone is 5. The molecule has 0 rings (SSSR count). The van der Waals surface area contributed by atoms with Gasteiger partial charge in [-0.05, 0) is 18.6 Å². The number of hydrogen-bond acceptors (Lipinski definition) is 1. The van der Waals surface area contributed by atoms with E-state index in [4.69, 9.17) is 11.6 Å². The van der Waals surface area contributed by atoms with E-state index >= 15 is 0 Å². The van der Waals surface area contributed by atoms with Gasteiger partial charge in [0, 0.05) is 12.6 Å². The van der Waals surface area contributed by atoms with Crippen molar-refractivity contribution in [1.29, 1.82) is 0 Å². The van der Waals surface area contributed by atoms with Crippen LogP contribution in [-0.4, -0.2) is 7.05 Å². The zero-order valence-electron chi connectivity index (χ0n) is 7.77. The Kier molecular flexibility index (Phi) is 5.98. The van der Waals surface area contributed by atoms with Gasteiger partial charge in [0.15, 0.2) is 0 Å². The Balaban J connectivity index is 4.59. The van der Waals surface area contributed by atoms with Crippen molar-refractivity contribution in [3.8, 4) is 0 Å². The highest BCUT2D eigenvalue weighted by Crippen LogP contribution is 2.06. The van der Waals surface area contributed by atoms with Gasteiger partial charge in [0.25, 0.3) is 0 Å². The molecule has 0 spiro atoms. The van der Waals surface area contributed by atoms with Crippen LogP contribution in [0, 0.1) is 0 Å². The van der Waals surface area contributed by atoms with E-state index in [1.165, 1.54) is 12.5 Å². The fourth-order valence-electron chi connectivity index (χ4n) is 0.699. The largest absolute Gasteiger partial charge is 0.386 e. The van der Waals surface area contributed by atoms with Crippen molar-refractivity contribution < 1.29 is 4.39 Å². The van der Waals surface area contributed by atoms with E-state index in [0.29, 0.717) is 5.70 Å². The third kappa shape index (κ3) is 4.53. The molecule has 0 aromatic rings. The number of hydrogen-bond donors (Lipinski definition) is 1. The molecule has 72 valence electrons. The second-order valence-electron chi connectivity index (χ2n) is 2.34. The second kappa shape index (κ2) is 6.49. The first-order chi connectivity index (χ1) is 6.15. The van der Waals surface area contributed by atoms with Crippen molar-refractivity contribution in [2.24, 2.45) is 0 Å². The lowest BCUT2D eigenvalue weighted by atomic mass is 10.2. The highest BCUT2D eigenvalue weighted by atomic mass is 35.5. The summed E-state index contributed by atoms with van der Waals surface area (Å²) in [5.41, 5.74) is 2.54. The summed E-state index contributed by atoms with van der Waals surface area (Å²) in [6.07, 6.45) is 4.87. The standard InChI is InChI=1S/C10H13ClFN/c1-4-9(7-11)5-6-10(13-3)8(2)12/h4-7,13H,1H2,2-3H3/b6-5-,9-7+,10-8-. The lowest BCUT2D eigenvalue weighted by Crippen LogP contribution is -2.04. The summed E-state index contributed by atoms with van der Waals surface area (Å²) >= 11 is 5.46. The van der Waals surface area contributed by atoms with Crippen LogP contribution in [0.25, 0.3) is 0 Å². The first kappa shape index (κ1) is 12.0. The molecule has 3 heteroatoms. The van der Waals surface area contributed by atoms with Crippen molar-refractivity contribution in [2.75, 3.05) is 7.05 Å². The molecule has 0 unspecified atom stereocenters. The molecule has 0 radical (unpaired) electrons. The summed E-state index contributed by atoms with van der Waals surface area (Å²) in [5.74, 6) is -0.267. The molecule has 0 aliphatic carbocycles. The first-order valence-corrected chi connectivity index (χ1v) is 4.24. The van der Waals surface area contributed by atoms with Crippen molar-refractivity contribution in [3.05, 3.63) is 47.4 Å². The molecule has 0 saturated heterocycles. The van der Waals surface area contributed by atoms with Gasteiger partial charge in [0.2, 0.25) is 0 Å². The minimum atomic E-state index is -0.267. The Morgan fingerprint density at radius 1 is 1.46 bits per heavy atom. The Labute approximate surface area is 83.3 Å². The zero-order valence-corrected chi connectivity index (χ0v) is 8.53. The summed E-state index contributed by atoms with van der Waals surface area (Å²) in [6, 6.07) is 0. The fraction of sp³-hybridized carbons (Fsp3) is 0.200. The number of halogens is 2. The van der Waals surface area contributed by atoms with E-state index in [0.717, 1.165) is 5.57 Å². The molecule has 0 saturated carbocycles.